The molecule has 0 saturated heterocycles. The van der Waals surface area contributed by atoms with Gasteiger partial charge in [0.15, 0.2) is 5.52 Å². The highest BCUT2D eigenvalue weighted by molar-refractivity contribution is 5.81. The summed E-state index contributed by atoms with van der Waals surface area (Å²) < 4.78 is 9.29. The van der Waals surface area contributed by atoms with Gasteiger partial charge in [-0.15, -0.1) is 0 Å². The van der Waals surface area contributed by atoms with Gasteiger partial charge < -0.3 is 9.73 Å². The van der Waals surface area contributed by atoms with Crippen LogP contribution in [0.2, 0.25) is 0 Å². The van der Waals surface area contributed by atoms with Crippen molar-refractivity contribution in [2.75, 3.05) is 0 Å². The molecule has 0 unspecified atom stereocenters. The van der Waals surface area contributed by atoms with E-state index in [4.69, 9.17) is 4.42 Å². The van der Waals surface area contributed by atoms with E-state index in [2.05, 4.69) is 10.4 Å². The number of hydrogen-bond donors (Lipinski definition) is 1. The average molecular weight is 435 g/mol. The summed E-state index contributed by atoms with van der Waals surface area (Å²) in [6, 6.07) is 11.2. The monoisotopic (exact) mass is 435 g/mol. The molecule has 0 fully saturated rings. The van der Waals surface area contributed by atoms with Crippen LogP contribution in [0.3, 0.4) is 0 Å². The van der Waals surface area contributed by atoms with E-state index in [9.17, 15) is 14.4 Å². The van der Waals surface area contributed by atoms with Crippen LogP contribution in [0.15, 0.2) is 56.7 Å². The molecule has 4 rings (SSSR count). The molecule has 0 radical (unpaired) electrons. The standard InChI is InChI=1S/C23H25N5O4/c1-4-28-21-20(16(3)25-28)26(14-19(29)24-12-17-9-7-15(2)8-10-17)23(31)27(22(21)30)13-18-6-5-11-32-18/h5-11H,4,12-14H2,1-3H3,(H,24,29). The number of amides is 1. The molecular weight excluding hydrogens is 410 g/mol. The van der Waals surface area contributed by atoms with Gasteiger partial charge >= 0.3 is 5.69 Å². The second kappa shape index (κ2) is 8.70. The molecule has 9 heteroatoms. The number of fused-ring (bicyclic) bond motifs is 1. The molecule has 32 heavy (non-hydrogen) atoms. The molecular formula is C23H25N5O4. The predicted octanol–water partition coefficient (Wildman–Crippen LogP) is 1.95. The first kappa shape index (κ1) is 21.4. The first-order valence-corrected chi connectivity index (χ1v) is 10.4. The highest BCUT2D eigenvalue weighted by Crippen LogP contribution is 2.14. The van der Waals surface area contributed by atoms with Crippen molar-refractivity contribution < 1.29 is 9.21 Å². The molecule has 1 N–H and O–H groups in total. The summed E-state index contributed by atoms with van der Waals surface area (Å²) in [6.07, 6.45) is 1.48. The fourth-order valence-electron chi connectivity index (χ4n) is 3.74. The van der Waals surface area contributed by atoms with Crippen LogP contribution in [0, 0.1) is 13.8 Å². The van der Waals surface area contributed by atoms with Crippen LogP contribution in [0.4, 0.5) is 0 Å². The fourth-order valence-corrected chi connectivity index (χ4v) is 3.74. The highest BCUT2D eigenvalue weighted by atomic mass is 16.3. The lowest BCUT2D eigenvalue weighted by Gasteiger charge is -2.13. The van der Waals surface area contributed by atoms with Crippen molar-refractivity contribution >= 4 is 16.9 Å². The van der Waals surface area contributed by atoms with Crippen LogP contribution >= 0.6 is 0 Å². The minimum Gasteiger partial charge on any atom is -0.467 e. The molecule has 0 spiro atoms. The number of carbonyl (C=O) groups excluding carboxylic acids is 1. The Morgan fingerprint density at radius 3 is 2.47 bits per heavy atom. The van der Waals surface area contributed by atoms with E-state index in [1.165, 1.54) is 10.8 Å². The predicted molar refractivity (Wildman–Crippen MR) is 119 cm³/mol. The number of nitrogens with zero attached hydrogens (tertiary/aromatic N) is 4. The quantitative estimate of drug-likeness (QED) is 0.478. The summed E-state index contributed by atoms with van der Waals surface area (Å²) in [5.74, 6) is 0.138. The van der Waals surface area contributed by atoms with E-state index in [1.54, 1.807) is 23.7 Å². The van der Waals surface area contributed by atoms with Crippen molar-refractivity contribution in [2.24, 2.45) is 0 Å². The Labute approximate surface area is 183 Å². The van der Waals surface area contributed by atoms with Gasteiger partial charge in [0, 0.05) is 13.1 Å². The normalized spacial score (nSPS) is 11.2. The number of hydrogen-bond acceptors (Lipinski definition) is 5. The van der Waals surface area contributed by atoms with Crippen molar-refractivity contribution in [1.29, 1.82) is 0 Å². The summed E-state index contributed by atoms with van der Waals surface area (Å²) >= 11 is 0. The van der Waals surface area contributed by atoms with Crippen LogP contribution in [0.1, 0.15) is 29.5 Å². The minimum atomic E-state index is -0.580. The molecule has 0 saturated carbocycles. The van der Waals surface area contributed by atoms with Gasteiger partial charge in [-0.3, -0.25) is 23.4 Å². The molecule has 1 amide bonds. The molecule has 3 aromatic heterocycles. The third kappa shape index (κ3) is 4.01. The zero-order chi connectivity index (χ0) is 22.8. The van der Waals surface area contributed by atoms with Crippen molar-refractivity contribution in [1.82, 2.24) is 24.2 Å². The number of aryl methyl sites for hydroxylation is 3. The largest absolute Gasteiger partial charge is 0.467 e. The van der Waals surface area contributed by atoms with Gasteiger partial charge in [-0.25, -0.2) is 4.79 Å². The Bertz CT molecular complexity index is 1380. The number of benzene rings is 1. The molecule has 0 atom stereocenters. The van der Waals surface area contributed by atoms with Gasteiger partial charge in [0.1, 0.15) is 17.8 Å². The smallest absolute Gasteiger partial charge is 0.332 e. The molecule has 0 aliphatic rings. The number of furan rings is 1. The van der Waals surface area contributed by atoms with Gasteiger partial charge in [0.25, 0.3) is 5.56 Å². The fraction of sp³-hybridized carbons (Fsp3) is 0.304. The second-order valence-corrected chi connectivity index (χ2v) is 7.70. The Morgan fingerprint density at radius 1 is 1.06 bits per heavy atom. The molecule has 9 nitrogen and oxygen atoms in total. The molecule has 0 bridgehead atoms. The van der Waals surface area contributed by atoms with Crippen LogP contribution in [-0.4, -0.2) is 24.8 Å². The van der Waals surface area contributed by atoms with Crippen molar-refractivity contribution in [3.63, 3.8) is 0 Å². The third-order valence-corrected chi connectivity index (χ3v) is 5.38. The maximum Gasteiger partial charge on any atom is 0.332 e. The van der Waals surface area contributed by atoms with E-state index in [0.29, 0.717) is 35.6 Å². The number of carbonyl (C=O) groups is 1. The zero-order valence-corrected chi connectivity index (χ0v) is 18.3. The first-order valence-electron chi connectivity index (χ1n) is 10.4. The Kier molecular flexibility index (Phi) is 5.81. The Morgan fingerprint density at radius 2 is 1.81 bits per heavy atom. The lowest BCUT2D eigenvalue weighted by molar-refractivity contribution is -0.121. The van der Waals surface area contributed by atoms with Crippen LogP contribution in [0.25, 0.3) is 11.0 Å². The zero-order valence-electron chi connectivity index (χ0n) is 18.3. The van der Waals surface area contributed by atoms with E-state index in [1.807, 2.05) is 38.1 Å². The third-order valence-electron chi connectivity index (χ3n) is 5.38. The summed E-state index contributed by atoms with van der Waals surface area (Å²) in [4.78, 5) is 39.2. The van der Waals surface area contributed by atoms with Gasteiger partial charge in [-0.05, 0) is 38.5 Å². The minimum absolute atomic E-state index is 0.0282. The lowest BCUT2D eigenvalue weighted by Crippen LogP contribution is -2.43. The Balaban J connectivity index is 1.72. The highest BCUT2D eigenvalue weighted by Gasteiger charge is 2.22. The number of rotatable bonds is 7. The average Bonchev–Trinajstić information content (AvgIpc) is 3.41. The number of aromatic nitrogens is 4. The SMILES string of the molecule is CCn1nc(C)c2c1c(=O)n(Cc1ccco1)c(=O)n2CC(=O)NCc1ccc(C)cc1. The summed E-state index contributed by atoms with van der Waals surface area (Å²) in [5, 5.41) is 7.25. The van der Waals surface area contributed by atoms with Crippen LogP contribution in [-0.2, 0) is 31.0 Å². The molecule has 1 aromatic carbocycles. The van der Waals surface area contributed by atoms with Gasteiger partial charge in [-0.1, -0.05) is 29.8 Å². The van der Waals surface area contributed by atoms with Gasteiger partial charge in [-0.2, -0.15) is 5.10 Å². The van der Waals surface area contributed by atoms with E-state index < -0.39 is 11.2 Å². The summed E-state index contributed by atoms with van der Waals surface area (Å²) in [5.41, 5.74) is 2.25. The molecule has 4 aromatic rings. The maximum absolute atomic E-state index is 13.3. The van der Waals surface area contributed by atoms with E-state index >= 15 is 0 Å². The lowest BCUT2D eigenvalue weighted by atomic mass is 10.1. The molecule has 0 aliphatic carbocycles. The molecule has 166 valence electrons. The Hall–Kier alpha value is -3.88. The maximum atomic E-state index is 13.3. The summed E-state index contributed by atoms with van der Waals surface area (Å²) in [7, 11) is 0. The van der Waals surface area contributed by atoms with Crippen molar-refractivity contribution in [3.05, 3.63) is 86.1 Å². The summed E-state index contributed by atoms with van der Waals surface area (Å²) in [6.45, 7) is 6.14. The molecule has 0 aliphatic heterocycles. The topological polar surface area (TPSA) is 104 Å². The molecule has 3 heterocycles. The van der Waals surface area contributed by atoms with Crippen molar-refractivity contribution in [3.8, 4) is 0 Å². The van der Waals surface area contributed by atoms with E-state index in [-0.39, 0.29) is 19.0 Å². The van der Waals surface area contributed by atoms with Crippen molar-refractivity contribution in [2.45, 2.75) is 47.0 Å². The van der Waals surface area contributed by atoms with Gasteiger partial charge in [0.05, 0.1) is 18.5 Å². The van der Waals surface area contributed by atoms with E-state index in [0.717, 1.165) is 15.7 Å². The van der Waals surface area contributed by atoms with Gasteiger partial charge in [0.2, 0.25) is 5.91 Å². The van der Waals surface area contributed by atoms with Crippen LogP contribution < -0.4 is 16.6 Å². The first-order chi connectivity index (χ1) is 15.4. The second-order valence-electron chi connectivity index (χ2n) is 7.70. The number of nitrogens with one attached hydrogen (secondary N) is 1. The van der Waals surface area contributed by atoms with Crippen LogP contribution in [0.5, 0.6) is 0 Å².